The molecule has 0 amide bonds. The van der Waals surface area contributed by atoms with E-state index in [2.05, 4.69) is 0 Å². The van der Waals surface area contributed by atoms with Crippen molar-refractivity contribution < 1.29 is 27.5 Å². The third-order valence-corrected chi connectivity index (χ3v) is 6.72. The van der Waals surface area contributed by atoms with Crippen molar-refractivity contribution in [2.75, 3.05) is 19.5 Å². The Balaban J connectivity index is 1.83. The van der Waals surface area contributed by atoms with Gasteiger partial charge in [-0.15, -0.1) is 0 Å². The number of hydrogen-bond acceptors (Lipinski definition) is 6. The van der Waals surface area contributed by atoms with Crippen LogP contribution in [-0.4, -0.2) is 45.1 Å². The van der Waals surface area contributed by atoms with Crippen molar-refractivity contribution in [1.82, 2.24) is 0 Å². The smallest absolute Gasteiger partial charge is 0.210 e. The Kier molecular flexibility index (Phi) is 5.11. The fourth-order valence-corrected chi connectivity index (χ4v) is 4.47. The fourth-order valence-electron chi connectivity index (χ4n) is 3.84. The van der Waals surface area contributed by atoms with Crippen molar-refractivity contribution in [2.45, 2.75) is 30.3 Å². The first-order valence-electron chi connectivity index (χ1n) is 9.69. The molecule has 0 aromatic heterocycles. The van der Waals surface area contributed by atoms with Crippen LogP contribution in [0.3, 0.4) is 0 Å². The highest BCUT2D eigenvalue weighted by atomic mass is 32.2. The lowest BCUT2D eigenvalue weighted by Crippen LogP contribution is -2.42. The number of Topliss-reactive ketones (excluding diaryl/α,β-unsaturated/α-hetero) is 2. The van der Waals surface area contributed by atoms with Gasteiger partial charge in [0, 0.05) is 30.2 Å². The zero-order chi connectivity index (χ0) is 21.5. The minimum absolute atomic E-state index is 0.0537. The highest BCUT2D eigenvalue weighted by molar-refractivity contribution is 7.90. The van der Waals surface area contributed by atoms with Crippen molar-refractivity contribution in [2.24, 2.45) is 0 Å². The Labute approximate surface area is 175 Å². The van der Waals surface area contributed by atoms with E-state index in [-0.39, 0.29) is 16.5 Å². The molecule has 2 aromatic rings. The second kappa shape index (κ2) is 7.49. The minimum atomic E-state index is -3.33. The zero-order valence-corrected chi connectivity index (χ0v) is 17.6. The highest BCUT2D eigenvalue weighted by Gasteiger charge is 2.50. The summed E-state index contributed by atoms with van der Waals surface area (Å²) in [6.45, 7) is 2.36. The maximum atomic E-state index is 13.5. The molecular formula is C23H22O6S. The summed E-state index contributed by atoms with van der Waals surface area (Å²) in [4.78, 5) is 25.3. The van der Waals surface area contributed by atoms with Crippen LogP contribution in [0.4, 0.5) is 0 Å². The first kappa shape index (κ1) is 20.5. The largest absolute Gasteiger partial charge is 0.478 e. The van der Waals surface area contributed by atoms with Gasteiger partial charge >= 0.3 is 0 Å². The number of hydrogen-bond donors (Lipinski definition) is 0. The molecule has 0 N–H and O–H groups in total. The summed E-state index contributed by atoms with van der Waals surface area (Å²) >= 11 is 0. The Morgan fingerprint density at radius 2 is 1.50 bits per heavy atom. The maximum Gasteiger partial charge on any atom is 0.210 e. The van der Waals surface area contributed by atoms with E-state index in [1.54, 1.807) is 36.4 Å². The van der Waals surface area contributed by atoms with Crippen LogP contribution in [0.25, 0.3) is 11.3 Å². The molecule has 1 spiro atoms. The Bertz CT molecular complexity index is 1140. The third-order valence-electron chi connectivity index (χ3n) is 5.59. The maximum absolute atomic E-state index is 13.5. The second-order valence-electron chi connectivity index (χ2n) is 7.67. The first-order chi connectivity index (χ1) is 14.2. The minimum Gasteiger partial charge on any atom is -0.478 e. The van der Waals surface area contributed by atoms with Crippen LogP contribution >= 0.6 is 0 Å². The number of ketones is 2. The van der Waals surface area contributed by atoms with Gasteiger partial charge in [0.1, 0.15) is 5.76 Å². The lowest BCUT2D eigenvalue weighted by molar-refractivity contribution is -0.136. The number of carbonyl (C=O) groups excluding carboxylic acids is 2. The van der Waals surface area contributed by atoms with Crippen LogP contribution in [0.1, 0.15) is 41.3 Å². The molecule has 6 nitrogen and oxygen atoms in total. The van der Waals surface area contributed by atoms with E-state index in [1.807, 2.05) is 0 Å². The van der Waals surface area contributed by atoms with Crippen molar-refractivity contribution in [1.29, 1.82) is 0 Å². The Hall–Kier alpha value is -2.77. The van der Waals surface area contributed by atoms with Gasteiger partial charge in [-0.3, -0.25) is 9.59 Å². The fraction of sp³-hybridized carbons (Fsp3) is 0.304. The molecule has 4 rings (SSSR count). The molecule has 0 unspecified atom stereocenters. The van der Waals surface area contributed by atoms with Crippen molar-refractivity contribution in [3.63, 3.8) is 0 Å². The molecule has 1 fully saturated rings. The van der Waals surface area contributed by atoms with Gasteiger partial charge < -0.3 is 9.47 Å². The van der Waals surface area contributed by atoms with Crippen LogP contribution < -0.4 is 0 Å². The lowest BCUT2D eigenvalue weighted by Gasteiger charge is -2.32. The molecule has 2 heterocycles. The first-order valence-corrected chi connectivity index (χ1v) is 11.6. The number of sulfone groups is 1. The molecule has 0 bridgehead atoms. The van der Waals surface area contributed by atoms with Gasteiger partial charge in [-0.25, -0.2) is 8.42 Å². The Morgan fingerprint density at radius 3 is 2.03 bits per heavy atom. The monoisotopic (exact) mass is 426 g/mol. The molecule has 30 heavy (non-hydrogen) atoms. The summed E-state index contributed by atoms with van der Waals surface area (Å²) < 4.78 is 35.3. The van der Waals surface area contributed by atoms with Crippen LogP contribution in [0.15, 0.2) is 53.4 Å². The van der Waals surface area contributed by atoms with Crippen LogP contribution in [0, 0.1) is 0 Å². The van der Waals surface area contributed by atoms with E-state index in [4.69, 9.17) is 9.47 Å². The van der Waals surface area contributed by atoms with Crippen LogP contribution in [-0.2, 0) is 24.1 Å². The van der Waals surface area contributed by atoms with E-state index >= 15 is 0 Å². The molecule has 0 saturated carbocycles. The van der Waals surface area contributed by atoms with E-state index in [9.17, 15) is 18.0 Å². The molecule has 0 atom stereocenters. The predicted molar refractivity (Wildman–Crippen MR) is 112 cm³/mol. The molecule has 2 aliphatic rings. The average molecular weight is 426 g/mol. The Morgan fingerprint density at radius 1 is 0.933 bits per heavy atom. The van der Waals surface area contributed by atoms with E-state index in [0.29, 0.717) is 54.1 Å². The molecular weight excluding hydrogens is 404 g/mol. The molecule has 1 saturated heterocycles. The SMILES string of the molecule is CC(=O)c1ccc(C2=C(c3ccc(S(C)(=O)=O)cc3)OC3(CCOCC3)C2=O)cc1. The third kappa shape index (κ3) is 3.59. The second-order valence-corrected chi connectivity index (χ2v) is 9.69. The summed E-state index contributed by atoms with van der Waals surface area (Å²) in [5.41, 5.74) is 1.32. The normalized spacial score (nSPS) is 18.5. The number of rotatable bonds is 4. The summed E-state index contributed by atoms with van der Waals surface area (Å²) in [5, 5.41) is 0. The van der Waals surface area contributed by atoms with Gasteiger partial charge in [0.15, 0.2) is 21.2 Å². The number of ether oxygens (including phenoxy) is 2. The van der Waals surface area contributed by atoms with E-state index in [1.165, 1.54) is 19.1 Å². The van der Waals surface area contributed by atoms with Gasteiger partial charge in [-0.2, -0.15) is 0 Å². The van der Waals surface area contributed by atoms with Gasteiger partial charge in [0.25, 0.3) is 0 Å². The zero-order valence-electron chi connectivity index (χ0n) is 16.8. The summed E-state index contributed by atoms with van der Waals surface area (Å²) in [7, 11) is -3.33. The number of carbonyl (C=O) groups is 2. The molecule has 2 aromatic carbocycles. The van der Waals surface area contributed by atoms with Crippen molar-refractivity contribution in [3.8, 4) is 0 Å². The number of benzene rings is 2. The van der Waals surface area contributed by atoms with Gasteiger partial charge in [-0.1, -0.05) is 24.3 Å². The summed E-state index contributed by atoms with van der Waals surface area (Å²) in [6.07, 6.45) is 2.05. The van der Waals surface area contributed by atoms with E-state index < -0.39 is 15.4 Å². The van der Waals surface area contributed by atoms with Crippen LogP contribution in [0.5, 0.6) is 0 Å². The summed E-state index contributed by atoms with van der Waals surface area (Å²) in [6, 6.07) is 13.2. The van der Waals surface area contributed by atoms with E-state index in [0.717, 1.165) is 6.26 Å². The molecule has 7 heteroatoms. The van der Waals surface area contributed by atoms with Gasteiger partial charge in [-0.05, 0) is 36.8 Å². The van der Waals surface area contributed by atoms with Crippen molar-refractivity contribution >= 4 is 32.7 Å². The van der Waals surface area contributed by atoms with Gasteiger partial charge in [0.2, 0.25) is 5.78 Å². The quantitative estimate of drug-likeness (QED) is 0.697. The standard InChI is InChI=1S/C23H22O6S/c1-15(24)16-3-5-17(6-4-16)20-21(18-7-9-19(10-8-18)30(2,26)27)29-23(22(20)25)11-13-28-14-12-23/h3-10H,11-14H2,1-2H3. The topological polar surface area (TPSA) is 86.7 Å². The predicted octanol–water partition coefficient (Wildman–Crippen LogP) is 3.31. The molecule has 156 valence electrons. The van der Waals surface area contributed by atoms with Crippen molar-refractivity contribution in [3.05, 3.63) is 65.2 Å². The van der Waals surface area contributed by atoms with Crippen LogP contribution in [0.2, 0.25) is 0 Å². The molecule has 0 radical (unpaired) electrons. The lowest BCUT2D eigenvalue weighted by atomic mass is 9.85. The molecule has 0 aliphatic carbocycles. The summed E-state index contributed by atoms with van der Waals surface area (Å²) in [5.74, 6) is 0.267. The molecule has 2 aliphatic heterocycles. The van der Waals surface area contributed by atoms with Gasteiger partial charge in [0.05, 0.1) is 23.7 Å². The average Bonchev–Trinajstić information content (AvgIpc) is 3.00. The highest BCUT2D eigenvalue weighted by Crippen LogP contribution is 2.45.